The lowest BCUT2D eigenvalue weighted by atomic mass is 10.2. The minimum absolute atomic E-state index is 0.300. The second-order valence-electron chi connectivity index (χ2n) is 7.87. The summed E-state index contributed by atoms with van der Waals surface area (Å²) in [4.78, 5) is 19.1. The van der Waals surface area contributed by atoms with Crippen LogP contribution in [-0.2, 0) is 9.47 Å². The van der Waals surface area contributed by atoms with Crippen LogP contribution < -0.4 is 5.32 Å². The van der Waals surface area contributed by atoms with Gasteiger partial charge in [-0.1, -0.05) is 11.8 Å². The van der Waals surface area contributed by atoms with Crippen molar-refractivity contribution in [1.29, 1.82) is 0 Å². The van der Waals surface area contributed by atoms with Crippen molar-refractivity contribution in [2.75, 3.05) is 38.6 Å². The summed E-state index contributed by atoms with van der Waals surface area (Å²) in [5.41, 5.74) is -0.541. The highest BCUT2D eigenvalue weighted by molar-refractivity contribution is 7.99. The number of nitrogens with zero attached hydrogens (tertiary/aromatic N) is 3. The monoisotopic (exact) mass is 383 g/mol. The smallest absolute Gasteiger partial charge is 0.408 e. The standard InChI is InChI=1S/C17H29N5O3S/c1-17(2,3)25-16(23)18-13(10-22-6-8-24-9-7-22)14-19-15(21-20-14)26-11-12-4-5-12/h12-13H,4-11H2,1-3H3,(H,18,23)(H,19,20,21). The third kappa shape index (κ3) is 6.44. The Morgan fingerprint density at radius 2 is 2.15 bits per heavy atom. The van der Waals surface area contributed by atoms with E-state index in [9.17, 15) is 4.79 Å². The second-order valence-corrected chi connectivity index (χ2v) is 8.86. The highest BCUT2D eigenvalue weighted by atomic mass is 32.2. The molecule has 0 spiro atoms. The molecule has 146 valence electrons. The summed E-state index contributed by atoms with van der Waals surface area (Å²) in [5, 5.41) is 11.0. The van der Waals surface area contributed by atoms with Gasteiger partial charge in [-0.25, -0.2) is 9.78 Å². The molecule has 1 aromatic heterocycles. The van der Waals surface area contributed by atoms with Gasteiger partial charge >= 0.3 is 6.09 Å². The number of nitrogens with one attached hydrogen (secondary N) is 2. The van der Waals surface area contributed by atoms with Gasteiger partial charge in [-0.2, -0.15) is 0 Å². The van der Waals surface area contributed by atoms with Gasteiger partial charge in [-0.15, -0.1) is 5.10 Å². The number of morpholine rings is 1. The minimum atomic E-state index is -0.541. The molecule has 1 saturated heterocycles. The number of carbonyl (C=O) groups is 1. The molecule has 2 heterocycles. The number of hydrogen-bond acceptors (Lipinski definition) is 7. The molecule has 1 unspecified atom stereocenters. The number of aromatic amines is 1. The number of amides is 1. The van der Waals surface area contributed by atoms with Gasteiger partial charge in [-0.3, -0.25) is 10.00 Å². The van der Waals surface area contributed by atoms with Crippen LogP contribution in [0.25, 0.3) is 0 Å². The molecular formula is C17H29N5O3S. The molecule has 1 saturated carbocycles. The molecule has 2 aliphatic rings. The van der Waals surface area contributed by atoms with E-state index >= 15 is 0 Å². The summed E-state index contributed by atoms with van der Waals surface area (Å²) in [6.45, 7) is 9.29. The van der Waals surface area contributed by atoms with Gasteiger partial charge < -0.3 is 14.8 Å². The highest BCUT2D eigenvalue weighted by Crippen LogP contribution is 2.34. The zero-order valence-electron chi connectivity index (χ0n) is 15.8. The van der Waals surface area contributed by atoms with Crippen LogP contribution in [0.5, 0.6) is 0 Å². The van der Waals surface area contributed by atoms with E-state index in [1.165, 1.54) is 12.8 Å². The average molecular weight is 384 g/mol. The quantitative estimate of drug-likeness (QED) is 0.697. The van der Waals surface area contributed by atoms with Crippen LogP contribution in [0.4, 0.5) is 4.79 Å². The highest BCUT2D eigenvalue weighted by Gasteiger charge is 2.27. The van der Waals surface area contributed by atoms with E-state index in [0.29, 0.717) is 25.6 Å². The minimum Gasteiger partial charge on any atom is -0.444 e. The number of ether oxygens (including phenoxy) is 2. The SMILES string of the molecule is CC(C)(C)OC(=O)NC(CN1CCOCC1)c1nc(SCC2CC2)n[nH]1. The molecule has 1 atom stereocenters. The van der Waals surface area contributed by atoms with Crippen LogP contribution in [0.3, 0.4) is 0 Å². The van der Waals surface area contributed by atoms with Gasteiger partial charge in [0.05, 0.1) is 13.2 Å². The lowest BCUT2D eigenvalue weighted by Crippen LogP contribution is -2.44. The van der Waals surface area contributed by atoms with Gasteiger partial charge in [0.25, 0.3) is 0 Å². The number of rotatable bonds is 7. The molecule has 1 aromatic rings. The fourth-order valence-corrected chi connectivity index (χ4v) is 3.64. The maximum Gasteiger partial charge on any atom is 0.408 e. The van der Waals surface area contributed by atoms with E-state index in [-0.39, 0.29) is 6.04 Å². The first kappa shape index (κ1) is 19.4. The maximum atomic E-state index is 12.3. The zero-order chi connectivity index (χ0) is 18.6. The first-order chi connectivity index (χ1) is 12.4. The molecule has 1 aliphatic carbocycles. The number of thioether (sulfide) groups is 1. The Hall–Kier alpha value is -1.32. The van der Waals surface area contributed by atoms with E-state index in [0.717, 1.165) is 29.9 Å². The normalized spacial score (nSPS) is 20.0. The van der Waals surface area contributed by atoms with Crippen molar-refractivity contribution < 1.29 is 14.3 Å². The van der Waals surface area contributed by atoms with E-state index < -0.39 is 11.7 Å². The third-order valence-electron chi connectivity index (χ3n) is 4.19. The Labute approximate surface area is 158 Å². The fourth-order valence-electron chi connectivity index (χ4n) is 2.65. The predicted molar refractivity (Wildman–Crippen MR) is 99.2 cm³/mol. The molecular weight excluding hydrogens is 354 g/mol. The Morgan fingerprint density at radius 1 is 1.42 bits per heavy atom. The topological polar surface area (TPSA) is 92.4 Å². The van der Waals surface area contributed by atoms with Crippen molar-refractivity contribution in [3.05, 3.63) is 5.82 Å². The molecule has 1 amide bonds. The number of hydrogen-bond donors (Lipinski definition) is 2. The van der Waals surface area contributed by atoms with Crippen molar-refractivity contribution in [3.8, 4) is 0 Å². The molecule has 2 N–H and O–H groups in total. The number of H-pyrrole nitrogens is 1. The number of alkyl carbamates (subject to hydrolysis) is 1. The molecule has 9 heteroatoms. The molecule has 1 aliphatic heterocycles. The van der Waals surface area contributed by atoms with Crippen molar-refractivity contribution in [1.82, 2.24) is 25.4 Å². The Balaban J connectivity index is 1.63. The summed E-state index contributed by atoms with van der Waals surface area (Å²) >= 11 is 1.67. The fraction of sp³-hybridized carbons (Fsp3) is 0.824. The lowest BCUT2D eigenvalue weighted by Gasteiger charge is -2.30. The third-order valence-corrected chi connectivity index (χ3v) is 5.27. The van der Waals surface area contributed by atoms with Crippen LogP contribution in [0.1, 0.15) is 45.5 Å². The van der Waals surface area contributed by atoms with E-state index in [2.05, 4.69) is 25.4 Å². The number of carbonyl (C=O) groups excluding carboxylic acids is 1. The Bertz CT molecular complexity index is 593. The van der Waals surface area contributed by atoms with Crippen LogP contribution in [0, 0.1) is 5.92 Å². The van der Waals surface area contributed by atoms with E-state index in [4.69, 9.17) is 9.47 Å². The zero-order valence-corrected chi connectivity index (χ0v) is 16.6. The summed E-state index contributed by atoms with van der Waals surface area (Å²) < 4.78 is 10.8. The molecule has 26 heavy (non-hydrogen) atoms. The molecule has 2 fully saturated rings. The largest absolute Gasteiger partial charge is 0.444 e. The second kappa shape index (κ2) is 8.58. The van der Waals surface area contributed by atoms with E-state index in [1.807, 2.05) is 20.8 Å². The van der Waals surface area contributed by atoms with Crippen LogP contribution in [-0.4, -0.2) is 70.4 Å². The predicted octanol–water partition coefficient (Wildman–Crippen LogP) is 2.20. The van der Waals surface area contributed by atoms with Crippen LogP contribution in [0.2, 0.25) is 0 Å². The van der Waals surface area contributed by atoms with Gasteiger partial charge in [0.1, 0.15) is 17.5 Å². The summed E-state index contributed by atoms with van der Waals surface area (Å²) in [5.74, 6) is 2.54. The average Bonchev–Trinajstić information content (AvgIpc) is 3.28. The van der Waals surface area contributed by atoms with Gasteiger partial charge in [0, 0.05) is 25.4 Å². The van der Waals surface area contributed by atoms with Crippen molar-refractivity contribution in [2.45, 2.75) is 50.4 Å². The van der Waals surface area contributed by atoms with Crippen molar-refractivity contribution in [3.63, 3.8) is 0 Å². The van der Waals surface area contributed by atoms with Crippen LogP contribution in [0.15, 0.2) is 5.16 Å². The first-order valence-electron chi connectivity index (χ1n) is 9.24. The van der Waals surface area contributed by atoms with Crippen LogP contribution >= 0.6 is 11.8 Å². The molecule has 3 rings (SSSR count). The Morgan fingerprint density at radius 3 is 2.81 bits per heavy atom. The van der Waals surface area contributed by atoms with E-state index in [1.54, 1.807) is 11.8 Å². The van der Waals surface area contributed by atoms with Gasteiger partial charge in [0.15, 0.2) is 0 Å². The summed E-state index contributed by atoms with van der Waals surface area (Å²) in [6, 6.07) is -0.300. The molecule has 0 bridgehead atoms. The van der Waals surface area contributed by atoms with Gasteiger partial charge in [0.2, 0.25) is 5.16 Å². The Kier molecular flexibility index (Phi) is 6.42. The van der Waals surface area contributed by atoms with Crippen molar-refractivity contribution in [2.24, 2.45) is 5.92 Å². The van der Waals surface area contributed by atoms with Crippen molar-refractivity contribution >= 4 is 17.9 Å². The molecule has 0 radical (unpaired) electrons. The molecule has 8 nitrogen and oxygen atoms in total. The summed E-state index contributed by atoms with van der Waals surface area (Å²) in [7, 11) is 0. The first-order valence-corrected chi connectivity index (χ1v) is 10.2. The maximum absolute atomic E-state index is 12.3. The molecule has 0 aromatic carbocycles. The number of aromatic nitrogens is 3. The summed E-state index contributed by atoms with van der Waals surface area (Å²) in [6.07, 6.45) is 2.17. The van der Waals surface area contributed by atoms with Gasteiger partial charge in [-0.05, 0) is 39.5 Å². The lowest BCUT2D eigenvalue weighted by molar-refractivity contribution is 0.0283.